The van der Waals surface area contributed by atoms with Crippen LogP contribution in [0.2, 0.25) is 0 Å². The first-order valence-corrected chi connectivity index (χ1v) is 5.15. The summed E-state index contributed by atoms with van der Waals surface area (Å²) in [7, 11) is 0. The summed E-state index contributed by atoms with van der Waals surface area (Å²) in [6.07, 6.45) is 1.51. The summed E-state index contributed by atoms with van der Waals surface area (Å²) in [5.41, 5.74) is -0.864. The zero-order chi connectivity index (χ0) is 11.2. The Labute approximate surface area is 86.5 Å². The van der Waals surface area contributed by atoms with Crippen LogP contribution in [0.15, 0.2) is 0 Å². The van der Waals surface area contributed by atoms with Crippen molar-refractivity contribution in [1.29, 1.82) is 5.26 Å². The zero-order valence-corrected chi connectivity index (χ0v) is 9.55. The number of nitrogens with zero attached hydrogens (tertiary/aromatic N) is 1. The highest BCUT2D eigenvalue weighted by atomic mass is 16.2. The number of nitriles is 1. The summed E-state index contributed by atoms with van der Waals surface area (Å²) in [5.74, 6) is 0.424. The van der Waals surface area contributed by atoms with Crippen LogP contribution in [-0.4, -0.2) is 12.5 Å². The van der Waals surface area contributed by atoms with E-state index >= 15 is 0 Å². The first-order valence-electron chi connectivity index (χ1n) is 5.15. The second kappa shape index (κ2) is 5.64. The molecule has 0 aromatic rings. The molecule has 3 heteroatoms. The lowest BCUT2D eigenvalue weighted by Gasteiger charge is -2.18. The van der Waals surface area contributed by atoms with Gasteiger partial charge in [0.1, 0.15) is 5.41 Å². The van der Waals surface area contributed by atoms with Crippen LogP contribution in [0.3, 0.4) is 0 Å². The van der Waals surface area contributed by atoms with E-state index in [1.807, 2.05) is 6.92 Å². The molecule has 0 fully saturated rings. The van der Waals surface area contributed by atoms with Crippen LogP contribution in [0.1, 0.15) is 40.5 Å². The van der Waals surface area contributed by atoms with Crippen LogP contribution in [0, 0.1) is 22.7 Å². The van der Waals surface area contributed by atoms with Crippen LogP contribution >= 0.6 is 0 Å². The monoisotopic (exact) mass is 196 g/mol. The Morgan fingerprint density at radius 2 is 2.14 bits per heavy atom. The third-order valence-corrected chi connectivity index (χ3v) is 2.46. The molecule has 0 rings (SSSR count). The third kappa shape index (κ3) is 3.78. The van der Waals surface area contributed by atoms with Crippen LogP contribution < -0.4 is 5.32 Å². The average molecular weight is 196 g/mol. The molecule has 80 valence electrons. The van der Waals surface area contributed by atoms with Crippen molar-refractivity contribution in [3.05, 3.63) is 0 Å². The molecule has 0 radical (unpaired) electrons. The van der Waals surface area contributed by atoms with Crippen molar-refractivity contribution in [3.63, 3.8) is 0 Å². The zero-order valence-electron chi connectivity index (χ0n) is 9.55. The first kappa shape index (κ1) is 13.0. The molecule has 3 nitrogen and oxygen atoms in total. The van der Waals surface area contributed by atoms with Gasteiger partial charge < -0.3 is 5.32 Å². The number of carbonyl (C=O) groups is 1. The molecule has 0 saturated carbocycles. The van der Waals surface area contributed by atoms with Crippen LogP contribution in [0.25, 0.3) is 0 Å². The highest BCUT2D eigenvalue weighted by Crippen LogP contribution is 2.19. The number of hydrogen-bond acceptors (Lipinski definition) is 2. The van der Waals surface area contributed by atoms with Crippen molar-refractivity contribution >= 4 is 5.91 Å². The molecule has 1 N–H and O–H groups in total. The molecule has 0 aliphatic rings. The predicted molar refractivity (Wildman–Crippen MR) is 56.5 cm³/mol. The van der Waals surface area contributed by atoms with Crippen LogP contribution in [0.4, 0.5) is 0 Å². The minimum atomic E-state index is -0.864. The van der Waals surface area contributed by atoms with E-state index in [2.05, 4.69) is 25.2 Å². The van der Waals surface area contributed by atoms with E-state index in [9.17, 15) is 4.79 Å². The largest absolute Gasteiger partial charge is 0.355 e. The number of rotatable bonds is 5. The molecule has 0 heterocycles. The van der Waals surface area contributed by atoms with Crippen molar-refractivity contribution in [2.45, 2.75) is 40.5 Å². The van der Waals surface area contributed by atoms with Gasteiger partial charge in [-0.2, -0.15) is 5.26 Å². The Bertz CT molecular complexity index is 230. The van der Waals surface area contributed by atoms with Gasteiger partial charge in [-0.25, -0.2) is 0 Å². The Morgan fingerprint density at radius 1 is 1.57 bits per heavy atom. The maximum atomic E-state index is 11.6. The molecule has 1 amide bonds. The van der Waals surface area contributed by atoms with Gasteiger partial charge >= 0.3 is 0 Å². The third-order valence-electron chi connectivity index (χ3n) is 2.46. The molecule has 0 bridgehead atoms. The average Bonchev–Trinajstić information content (AvgIpc) is 2.15. The SMILES string of the molecule is CCC(C)(C#N)C(=O)NCCC(C)C. The van der Waals surface area contributed by atoms with Gasteiger partial charge in [0.25, 0.3) is 0 Å². The Kier molecular flexibility index (Phi) is 5.22. The summed E-state index contributed by atoms with van der Waals surface area (Å²) >= 11 is 0. The van der Waals surface area contributed by atoms with Crippen molar-refractivity contribution in [3.8, 4) is 6.07 Å². The molecule has 1 unspecified atom stereocenters. The van der Waals surface area contributed by atoms with Crippen molar-refractivity contribution in [1.82, 2.24) is 5.32 Å². The van der Waals surface area contributed by atoms with E-state index in [1.54, 1.807) is 6.92 Å². The van der Waals surface area contributed by atoms with Gasteiger partial charge in [-0.3, -0.25) is 4.79 Å². The van der Waals surface area contributed by atoms with Gasteiger partial charge in [-0.1, -0.05) is 20.8 Å². The quantitative estimate of drug-likeness (QED) is 0.732. The summed E-state index contributed by atoms with van der Waals surface area (Å²) in [6, 6.07) is 2.05. The summed E-state index contributed by atoms with van der Waals surface area (Å²) in [6.45, 7) is 8.40. The summed E-state index contributed by atoms with van der Waals surface area (Å²) < 4.78 is 0. The fourth-order valence-corrected chi connectivity index (χ4v) is 0.960. The van der Waals surface area contributed by atoms with Crippen molar-refractivity contribution in [2.75, 3.05) is 6.54 Å². The van der Waals surface area contributed by atoms with Gasteiger partial charge in [0, 0.05) is 6.54 Å². The minimum absolute atomic E-state index is 0.150. The lowest BCUT2D eigenvalue weighted by atomic mass is 9.88. The van der Waals surface area contributed by atoms with E-state index in [0.29, 0.717) is 18.9 Å². The summed E-state index contributed by atoms with van der Waals surface area (Å²) in [4.78, 5) is 11.6. The highest BCUT2D eigenvalue weighted by molar-refractivity contribution is 5.84. The van der Waals surface area contributed by atoms with E-state index in [0.717, 1.165) is 6.42 Å². The second-order valence-electron chi connectivity index (χ2n) is 4.24. The van der Waals surface area contributed by atoms with E-state index in [-0.39, 0.29) is 5.91 Å². The molecule has 0 aromatic heterocycles. The molecular weight excluding hydrogens is 176 g/mol. The Morgan fingerprint density at radius 3 is 2.50 bits per heavy atom. The molecule has 0 saturated heterocycles. The van der Waals surface area contributed by atoms with Gasteiger partial charge in [-0.15, -0.1) is 0 Å². The minimum Gasteiger partial charge on any atom is -0.355 e. The van der Waals surface area contributed by atoms with Gasteiger partial charge in [-0.05, 0) is 25.7 Å². The molecule has 0 aliphatic carbocycles. The molecule has 14 heavy (non-hydrogen) atoms. The lowest BCUT2D eigenvalue weighted by molar-refractivity contribution is -0.127. The first-order chi connectivity index (χ1) is 6.46. The molecular formula is C11H20N2O. The van der Waals surface area contributed by atoms with Crippen LogP contribution in [-0.2, 0) is 4.79 Å². The van der Waals surface area contributed by atoms with Crippen molar-refractivity contribution < 1.29 is 4.79 Å². The number of hydrogen-bond donors (Lipinski definition) is 1. The predicted octanol–water partition coefficient (Wildman–Crippen LogP) is 2.09. The normalized spacial score (nSPS) is 14.6. The Hall–Kier alpha value is -1.04. The second-order valence-corrected chi connectivity index (χ2v) is 4.24. The molecule has 0 spiro atoms. The topological polar surface area (TPSA) is 52.9 Å². The number of amides is 1. The number of carbonyl (C=O) groups excluding carboxylic acids is 1. The van der Waals surface area contributed by atoms with E-state index < -0.39 is 5.41 Å². The van der Waals surface area contributed by atoms with Crippen molar-refractivity contribution in [2.24, 2.45) is 11.3 Å². The van der Waals surface area contributed by atoms with Gasteiger partial charge in [0.2, 0.25) is 5.91 Å². The van der Waals surface area contributed by atoms with E-state index in [4.69, 9.17) is 5.26 Å². The van der Waals surface area contributed by atoms with Gasteiger partial charge in [0.15, 0.2) is 0 Å². The smallest absolute Gasteiger partial charge is 0.240 e. The number of nitrogens with one attached hydrogen (secondary N) is 1. The fraction of sp³-hybridized carbons (Fsp3) is 0.818. The fourth-order valence-electron chi connectivity index (χ4n) is 0.960. The maximum absolute atomic E-state index is 11.6. The standard InChI is InChI=1S/C11H20N2O/c1-5-11(4,8-12)10(14)13-7-6-9(2)3/h9H,5-7H2,1-4H3,(H,13,14). The van der Waals surface area contributed by atoms with E-state index in [1.165, 1.54) is 0 Å². The maximum Gasteiger partial charge on any atom is 0.240 e. The molecule has 1 atom stereocenters. The van der Waals surface area contributed by atoms with Gasteiger partial charge in [0.05, 0.1) is 6.07 Å². The molecule has 0 aliphatic heterocycles. The molecule has 0 aromatic carbocycles. The summed E-state index contributed by atoms with van der Waals surface area (Å²) in [5, 5.41) is 11.6. The highest BCUT2D eigenvalue weighted by Gasteiger charge is 2.30. The van der Waals surface area contributed by atoms with Crippen LogP contribution in [0.5, 0.6) is 0 Å². The lowest BCUT2D eigenvalue weighted by Crippen LogP contribution is -2.38. The Balaban J connectivity index is 4.02.